The first-order valence-corrected chi connectivity index (χ1v) is 8.11. The molecule has 2 nitrogen and oxygen atoms in total. The zero-order chi connectivity index (χ0) is 12.4. The van der Waals surface area contributed by atoms with Crippen LogP contribution in [0, 0.1) is 5.41 Å². The highest BCUT2D eigenvalue weighted by molar-refractivity contribution is 8.14. The maximum absolute atomic E-state index is 4.85. The average molecular weight is 254 g/mol. The largest absolute Gasteiger partial charge is 0.359 e. The molecule has 1 N–H and O–H groups in total. The van der Waals surface area contributed by atoms with E-state index in [1.807, 2.05) is 11.8 Å². The van der Waals surface area contributed by atoms with Crippen molar-refractivity contribution in [1.29, 1.82) is 0 Å². The van der Waals surface area contributed by atoms with Crippen molar-refractivity contribution in [3.05, 3.63) is 0 Å². The van der Waals surface area contributed by atoms with Crippen molar-refractivity contribution in [1.82, 2.24) is 5.32 Å². The van der Waals surface area contributed by atoms with Crippen LogP contribution >= 0.6 is 11.8 Å². The van der Waals surface area contributed by atoms with Gasteiger partial charge in [0.2, 0.25) is 0 Å². The zero-order valence-corrected chi connectivity index (χ0v) is 12.3. The normalized spacial score (nSPS) is 27.8. The van der Waals surface area contributed by atoms with Gasteiger partial charge in [-0.25, -0.2) is 0 Å². The van der Waals surface area contributed by atoms with Crippen LogP contribution < -0.4 is 5.32 Å². The molecule has 2 aliphatic rings. The third-order valence-corrected chi connectivity index (χ3v) is 6.13. The van der Waals surface area contributed by atoms with Gasteiger partial charge in [-0.1, -0.05) is 39.0 Å². The van der Waals surface area contributed by atoms with Crippen LogP contribution in [0.25, 0.3) is 0 Å². The monoisotopic (exact) mass is 254 g/mol. The molecule has 3 heteroatoms. The second-order valence-electron chi connectivity index (χ2n) is 5.73. The Morgan fingerprint density at radius 2 is 1.88 bits per heavy atom. The Balaban J connectivity index is 1.91. The van der Waals surface area contributed by atoms with Crippen molar-refractivity contribution in [2.24, 2.45) is 10.4 Å². The van der Waals surface area contributed by atoms with E-state index in [9.17, 15) is 0 Å². The molecule has 0 radical (unpaired) electrons. The lowest BCUT2D eigenvalue weighted by atomic mass is 9.67. The van der Waals surface area contributed by atoms with E-state index in [1.54, 1.807) is 0 Å². The molecule has 0 spiro atoms. The lowest BCUT2D eigenvalue weighted by Gasteiger charge is -2.40. The molecule has 1 saturated carbocycles. The first-order chi connectivity index (χ1) is 8.17. The van der Waals surface area contributed by atoms with E-state index in [0.29, 0.717) is 11.0 Å². The number of thioether (sulfide) groups is 1. The molecular formula is C14H26N2S. The zero-order valence-electron chi connectivity index (χ0n) is 11.5. The van der Waals surface area contributed by atoms with E-state index >= 15 is 0 Å². The van der Waals surface area contributed by atoms with Gasteiger partial charge in [-0.05, 0) is 37.5 Å². The van der Waals surface area contributed by atoms with Gasteiger partial charge in [-0.3, -0.25) is 4.99 Å². The summed E-state index contributed by atoms with van der Waals surface area (Å²) in [5.74, 6) is 1.19. The molecule has 0 atom stereocenters. The van der Waals surface area contributed by atoms with Crippen LogP contribution in [0.1, 0.15) is 59.3 Å². The van der Waals surface area contributed by atoms with E-state index < -0.39 is 0 Å². The molecule has 1 heterocycles. The highest BCUT2D eigenvalue weighted by atomic mass is 32.2. The molecule has 1 aliphatic carbocycles. The highest BCUT2D eigenvalue weighted by Crippen LogP contribution is 2.44. The number of hydrogen-bond acceptors (Lipinski definition) is 2. The summed E-state index contributed by atoms with van der Waals surface area (Å²) in [7, 11) is 0. The Kier molecular flexibility index (Phi) is 4.06. The topological polar surface area (TPSA) is 24.4 Å². The number of aliphatic imine (C=N–C) groups is 1. The van der Waals surface area contributed by atoms with Gasteiger partial charge in [-0.2, -0.15) is 0 Å². The summed E-state index contributed by atoms with van der Waals surface area (Å²) in [4.78, 5) is 4.85. The fourth-order valence-electron chi connectivity index (χ4n) is 2.76. The van der Waals surface area contributed by atoms with Gasteiger partial charge in [0.05, 0.1) is 0 Å². The standard InChI is InChI=1S/C14H26N2S/c1-4-13(8-7-9-13)10-15-12-16-14(5-2,6-3)11-17-12/h4-11H2,1-3H3,(H,15,16). The van der Waals surface area contributed by atoms with Crippen LogP contribution in [0.15, 0.2) is 4.99 Å². The van der Waals surface area contributed by atoms with Gasteiger partial charge in [0.25, 0.3) is 0 Å². The number of hydrogen-bond donors (Lipinski definition) is 1. The van der Waals surface area contributed by atoms with Crippen LogP contribution in [0.4, 0.5) is 0 Å². The molecule has 2 fully saturated rings. The summed E-state index contributed by atoms with van der Waals surface area (Å²) in [6.07, 6.45) is 7.88. The molecule has 0 aromatic rings. The van der Waals surface area contributed by atoms with Gasteiger partial charge in [0.15, 0.2) is 5.17 Å². The van der Waals surface area contributed by atoms with Crippen molar-refractivity contribution >= 4 is 16.9 Å². The van der Waals surface area contributed by atoms with E-state index in [0.717, 1.165) is 6.54 Å². The summed E-state index contributed by atoms with van der Waals surface area (Å²) < 4.78 is 0. The van der Waals surface area contributed by atoms with E-state index in [1.165, 1.54) is 49.4 Å². The van der Waals surface area contributed by atoms with Crippen LogP contribution in [-0.2, 0) is 0 Å². The first kappa shape index (κ1) is 13.3. The molecule has 2 rings (SSSR count). The summed E-state index contributed by atoms with van der Waals surface area (Å²) >= 11 is 1.92. The van der Waals surface area contributed by atoms with Crippen LogP contribution in [-0.4, -0.2) is 23.0 Å². The minimum Gasteiger partial charge on any atom is -0.359 e. The Labute approximate surface area is 110 Å². The Morgan fingerprint density at radius 1 is 1.18 bits per heavy atom. The quantitative estimate of drug-likeness (QED) is 0.806. The van der Waals surface area contributed by atoms with Gasteiger partial charge in [0, 0.05) is 17.8 Å². The molecule has 1 aliphatic heterocycles. The maximum Gasteiger partial charge on any atom is 0.157 e. The van der Waals surface area contributed by atoms with Crippen molar-refractivity contribution in [3.63, 3.8) is 0 Å². The van der Waals surface area contributed by atoms with Crippen LogP contribution in [0.2, 0.25) is 0 Å². The number of amidine groups is 1. The molecule has 98 valence electrons. The Bertz CT molecular complexity index is 285. The lowest BCUT2D eigenvalue weighted by Crippen LogP contribution is -2.42. The first-order valence-electron chi connectivity index (χ1n) is 7.13. The lowest BCUT2D eigenvalue weighted by molar-refractivity contribution is 0.139. The molecular weight excluding hydrogens is 228 g/mol. The van der Waals surface area contributed by atoms with Gasteiger partial charge in [0.1, 0.15) is 0 Å². The van der Waals surface area contributed by atoms with E-state index in [4.69, 9.17) is 4.99 Å². The highest BCUT2D eigenvalue weighted by Gasteiger charge is 2.37. The van der Waals surface area contributed by atoms with Crippen molar-refractivity contribution < 1.29 is 0 Å². The van der Waals surface area contributed by atoms with E-state index in [2.05, 4.69) is 26.1 Å². The fourth-order valence-corrected chi connectivity index (χ4v) is 4.10. The van der Waals surface area contributed by atoms with Crippen LogP contribution in [0.3, 0.4) is 0 Å². The molecule has 1 saturated heterocycles. The molecule has 0 amide bonds. The van der Waals surface area contributed by atoms with Gasteiger partial charge in [-0.15, -0.1) is 0 Å². The molecule has 0 aromatic heterocycles. The summed E-state index contributed by atoms with van der Waals surface area (Å²) in [5.41, 5.74) is 0.876. The maximum atomic E-state index is 4.85. The third-order valence-electron chi connectivity index (χ3n) is 4.93. The number of rotatable bonds is 5. The second kappa shape index (κ2) is 5.21. The minimum absolute atomic E-state index is 0.322. The molecule has 0 unspecified atom stereocenters. The predicted molar refractivity (Wildman–Crippen MR) is 77.8 cm³/mol. The van der Waals surface area contributed by atoms with E-state index in [-0.39, 0.29) is 0 Å². The van der Waals surface area contributed by atoms with Crippen molar-refractivity contribution in [3.8, 4) is 0 Å². The smallest absolute Gasteiger partial charge is 0.157 e. The number of nitrogens with zero attached hydrogens (tertiary/aromatic N) is 1. The molecule has 0 bridgehead atoms. The Morgan fingerprint density at radius 3 is 2.29 bits per heavy atom. The molecule has 0 aromatic carbocycles. The minimum atomic E-state index is 0.322. The fraction of sp³-hybridized carbons (Fsp3) is 0.929. The van der Waals surface area contributed by atoms with Gasteiger partial charge >= 0.3 is 0 Å². The second-order valence-corrected chi connectivity index (χ2v) is 6.69. The van der Waals surface area contributed by atoms with Crippen LogP contribution in [0.5, 0.6) is 0 Å². The predicted octanol–water partition coefficient (Wildman–Crippen LogP) is 3.82. The van der Waals surface area contributed by atoms with Crippen molar-refractivity contribution in [2.75, 3.05) is 12.3 Å². The SMILES string of the molecule is CCC1(CN=C2NC(CC)(CC)CS2)CCC1. The molecule has 17 heavy (non-hydrogen) atoms. The third kappa shape index (κ3) is 2.64. The Hall–Kier alpha value is -0.180. The summed E-state index contributed by atoms with van der Waals surface area (Å²) in [5, 5.41) is 4.86. The van der Waals surface area contributed by atoms with Gasteiger partial charge < -0.3 is 5.32 Å². The average Bonchev–Trinajstić information content (AvgIpc) is 2.73. The number of nitrogens with one attached hydrogen (secondary N) is 1. The summed E-state index contributed by atoms with van der Waals surface area (Å²) in [6.45, 7) is 7.91. The van der Waals surface area contributed by atoms with Crippen molar-refractivity contribution in [2.45, 2.75) is 64.8 Å². The summed E-state index contributed by atoms with van der Waals surface area (Å²) in [6, 6.07) is 0.